The molecule has 1 saturated heterocycles. The quantitative estimate of drug-likeness (QED) is 0.821. The first-order valence-corrected chi connectivity index (χ1v) is 5.76. The van der Waals surface area contributed by atoms with Gasteiger partial charge in [0, 0.05) is 25.9 Å². The number of hydrogen-bond acceptors (Lipinski definition) is 3. The van der Waals surface area contributed by atoms with E-state index < -0.39 is 11.9 Å². The Morgan fingerprint density at radius 1 is 1.22 bits per heavy atom. The van der Waals surface area contributed by atoms with Gasteiger partial charge in [-0.25, -0.2) is 0 Å². The predicted molar refractivity (Wildman–Crippen MR) is 64.2 cm³/mol. The molecule has 0 saturated carbocycles. The van der Waals surface area contributed by atoms with Crippen molar-refractivity contribution in [3.05, 3.63) is 29.8 Å². The highest BCUT2D eigenvalue weighted by molar-refractivity contribution is 5.78. The number of phenols is 1. The Morgan fingerprint density at radius 3 is 2.33 bits per heavy atom. The normalized spacial score (nSPS) is 23.1. The Hall–Kier alpha value is -2.04. The molecule has 0 spiro atoms. The first-order chi connectivity index (χ1) is 8.49. The molecule has 5 nitrogen and oxygen atoms in total. The smallest absolute Gasteiger partial charge is 0.308 e. The summed E-state index contributed by atoms with van der Waals surface area (Å²) in [6, 6.07) is 6.48. The average Bonchev–Trinajstić information content (AvgIpc) is 2.75. The van der Waals surface area contributed by atoms with Crippen LogP contribution in [0.5, 0.6) is 5.75 Å². The Bertz CT molecular complexity index is 468. The van der Waals surface area contributed by atoms with E-state index in [0.717, 1.165) is 5.56 Å². The second-order valence-electron chi connectivity index (χ2n) is 4.57. The van der Waals surface area contributed by atoms with Crippen molar-refractivity contribution in [2.75, 3.05) is 13.1 Å². The van der Waals surface area contributed by atoms with E-state index in [1.807, 2.05) is 0 Å². The van der Waals surface area contributed by atoms with Gasteiger partial charge in [0.05, 0.1) is 5.92 Å². The zero-order valence-electron chi connectivity index (χ0n) is 10.0. The van der Waals surface area contributed by atoms with Crippen molar-refractivity contribution in [1.82, 2.24) is 4.90 Å². The molecule has 5 heteroatoms. The minimum atomic E-state index is -0.892. The van der Waals surface area contributed by atoms with Crippen LogP contribution in [0.15, 0.2) is 24.3 Å². The summed E-state index contributed by atoms with van der Waals surface area (Å²) in [6.07, 6.45) is 0. The van der Waals surface area contributed by atoms with Gasteiger partial charge in [0.25, 0.3) is 0 Å². The van der Waals surface area contributed by atoms with Gasteiger partial charge in [-0.1, -0.05) is 12.1 Å². The maximum Gasteiger partial charge on any atom is 0.308 e. The van der Waals surface area contributed by atoms with Crippen molar-refractivity contribution in [1.29, 1.82) is 0 Å². The number of aromatic hydroxyl groups is 1. The van der Waals surface area contributed by atoms with Crippen LogP contribution in [0.4, 0.5) is 0 Å². The number of phenolic OH excluding ortho intramolecular Hbond substituents is 1. The molecule has 1 aliphatic rings. The van der Waals surface area contributed by atoms with E-state index in [9.17, 15) is 19.8 Å². The van der Waals surface area contributed by atoms with Crippen molar-refractivity contribution < 1.29 is 19.8 Å². The lowest BCUT2D eigenvalue weighted by atomic mass is 9.89. The molecule has 1 amide bonds. The SMILES string of the molecule is CC(=O)N1C[C@H](C(=O)O)[C@@H](c2ccc(O)cc2)C1. The number of nitrogens with zero attached hydrogens (tertiary/aromatic N) is 1. The molecule has 2 rings (SSSR count). The van der Waals surface area contributed by atoms with Crippen LogP contribution in [0.1, 0.15) is 18.4 Å². The van der Waals surface area contributed by atoms with Gasteiger partial charge in [-0.15, -0.1) is 0 Å². The number of hydrogen-bond donors (Lipinski definition) is 2. The van der Waals surface area contributed by atoms with Gasteiger partial charge in [-0.05, 0) is 17.7 Å². The second-order valence-corrected chi connectivity index (χ2v) is 4.57. The highest BCUT2D eigenvalue weighted by Crippen LogP contribution is 2.33. The summed E-state index contributed by atoms with van der Waals surface area (Å²) in [4.78, 5) is 24.1. The molecular formula is C13H15NO4. The number of likely N-dealkylation sites (tertiary alicyclic amines) is 1. The van der Waals surface area contributed by atoms with Gasteiger partial charge >= 0.3 is 5.97 Å². The van der Waals surface area contributed by atoms with E-state index in [-0.39, 0.29) is 24.1 Å². The number of carboxylic acid groups (broad SMARTS) is 1. The Morgan fingerprint density at radius 2 is 1.83 bits per heavy atom. The van der Waals surface area contributed by atoms with Crippen molar-refractivity contribution in [3.8, 4) is 5.75 Å². The average molecular weight is 249 g/mol. The van der Waals surface area contributed by atoms with E-state index in [2.05, 4.69) is 0 Å². The topological polar surface area (TPSA) is 77.8 Å². The highest BCUT2D eigenvalue weighted by atomic mass is 16.4. The van der Waals surface area contributed by atoms with Crippen LogP contribution >= 0.6 is 0 Å². The van der Waals surface area contributed by atoms with Crippen LogP contribution in [0.2, 0.25) is 0 Å². The van der Waals surface area contributed by atoms with E-state index in [1.165, 1.54) is 19.1 Å². The number of carboxylic acids is 1. The maximum absolute atomic E-state index is 11.3. The minimum Gasteiger partial charge on any atom is -0.508 e. The fourth-order valence-electron chi connectivity index (χ4n) is 2.37. The van der Waals surface area contributed by atoms with Gasteiger partial charge in [-0.2, -0.15) is 0 Å². The number of rotatable bonds is 2. The largest absolute Gasteiger partial charge is 0.508 e. The summed E-state index contributed by atoms with van der Waals surface area (Å²) < 4.78 is 0. The van der Waals surface area contributed by atoms with Gasteiger partial charge in [0.2, 0.25) is 5.91 Å². The van der Waals surface area contributed by atoms with Crippen molar-refractivity contribution in [3.63, 3.8) is 0 Å². The van der Waals surface area contributed by atoms with Crippen molar-refractivity contribution in [2.45, 2.75) is 12.8 Å². The number of amides is 1. The molecule has 1 aliphatic heterocycles. The van der Waals surface area contributed by atoms with Crippen molar-refractivity contribution in [2.24, 2.45) is 5.92 Å². The van der Waals surface area contributed by atoms with Crippen LogP contribution in [-0.4, -0.2) is 40.1 Å². The third-order valence-electron chi connectivity index (χ3n) is 3.40. The fourth-order valence-corrected chi connectivity index (χ4v) is 2.37. The first kappa shape index (κ1) is 12.4. The maximum atomic E-state index is 11.3. The lowest BCUT2D eigenvalue weighted by Gasteiger charge is -2.15. The van der Waals surface area contributed by atoms with E-state index in [1.54, 1.807) is 17.0 Å². The van der Waals surface area contributed by atoms with E-state index in [4.69, 9.17) is 0 Å². The van der Waals surface area contributed by atoms with Crippen LogP contribution in [0.3, 0.4) is 0 Å². The van der Waals surface area contributed by atoms with Gasteiger partial charge < -0.3 is 15.1 Å². The lowest BCUT2D eigenvalue weighted by Crippen LogP contribution is -2.27. The third-order valence-corrected chi connectivity index (χ3v) is 3.40. The van der Waals surface area contributed by atoms with Gasteiger partial charge in [0.1, 0.15) is 5.75 Å². The van der Waals surface area contributed by atoms with Gasteiger partial charge in [-0.3, -0.25) is 9.59 Å². The highest BCUT2D eigenvalue weighted by Gasteiger charge is 2.39. The van der Waals surface area contributed by atoms with Crippen LogP contribution in [-0.2, 0) is 9.59 Å². The standard InChI is InChI=1S/C13H15NO4/c1-8(15)14-6-11(12(7-14)13(17)18)9-2-4-10(16)5-3-9/h2-5,11-12,16H,6-7H2,1H3,(H,17,18)/t11-,12+/m1/s1. The number of carbonyl (C=O) groups is 2. The summed E-state index contributed by atoms with van der Waals surface area (Å²) in [7, 11) is 0. The predicted octanol–water partition coefficient (Wildman–Crippen LogP) is 1.04. The molecule has 0 unspecified atom stereocenters. The summed E-state index contributed by atoms with van der Waals surface area (Å²) in [5.41, 5.74) is 0.837. The number of carbonyl (C=O) groups excluding carboxylic acids is 1. The zero-order chi connectivity index (χ0) is 13.3. The Labute approximate surface area is 105 Å². The summed E-state index contributed by atoms with van der Waals surface area (Å²) in [5.74, 6) is -1.66. The molecule has 1 heterocycles. The summed E-state index contributed by atoms with van der Waals surface area (Å²) in [5, 5.41) is 18.4. The summed E-state index contributed by atoms with van der Waals surface area (Å²) >= 11 is 0. The molecule has 96 valence electrons. The summed E-state index contributed by atoms with van der Waals surface area (Å²) in [6.45, 7) is 2.10. The molecule has 2 atom stereocenters. The third kappa shape index (κ3) is 2.30. The molecule has 18 heavy (non-hydrogen) atoms. The van der Waals surface area contributed by atoms with E-state index in [0.29, 0.717) is 6.54 Å². The second kappa shape index (κ2) is 4.68. The zero-order valence-corrected chi connectivity index (χ0v) is 10.0. The molecule has 2 N–H and O–H groups in total. The molecule has 1 fully saturated rings. The monoisotopic (exact) mass is 249 g/mol. The number of aliphatic carboxylic acids is 1. The Kier molecular flexibility index (Phi) is 3.23. The fraction of sp³-hybridized carbons (Fsp3) is 0.385. The van der Waals surface area contributed by atoms with Crippen LogP contribution in [0, 0.1) is 5.92 Å². The lowest BCUT2D eigenvalue weighted by molar-refractivity contribution is -0.141. The van der Waals surface area contributed by atoms with Gasteiger partial charge in [0.15, 0.2) is 0 Å². The molecule has 0 aromatic heterocycles. The molecule has 0 bridgehead atoms. The van der Waals surface area contributed by atoms with E-state index >= 15 is 0 Å². The molecule has 0 radical (unpaired) electrons. The van der Waals surface area contributed by atoms with Crippen LogP contribution in [0.25, 0.3) is 0 Å². The molecule has 0 aliphatic carbocycles. The van der Waals surface area contributed by atoms with Crippen LogP contribution < -0.4 is 0 Å². The minimum absolute atomic E-state index is 0.109. The molecular weight excluding hydrogens is 234 g/mol. The number of benzene rings is 1. The van der Waals surface area contributed by atoms with Crippen molar-refractivity contribution >= 4 is 11.9 Å². The molecule has 1 aromatic rings. The first-order valence-electron chi connectivity index (χ1n) is 5.76. The Balaban J connectivity index is 2.27. The molecule has 1 aromatic carbocycles.